The molecule has 2 rings (SSSR count). The lowest BCUT2D eigenvalue weighted by Gasteiger charge is -2.54. The van der Waals surface area contributed by atoms with Gasteiger partial charge < -0.3 is 9.85 Å². The molecule has 0 aromatic carbocycles. The molecule has 2 atom stereocenters. The van der Waals surface area contributed by atoms with Crippen molar-refractivity contribution in [1.82, 2.24) is 0 Å². The van der Waals surface area contributed by atoms with Crippen LogP contribution in [0.1, 0.15) is 6.42 Å². The van der Waals surface area contributed by atoms with Gasteiger partial charge in [-0.25, -0.2) is 0 Å². The van der Waals surface area contributed by atoms with Crippen LogP contribution < -0.4 is 0 Å². The minimum atomic E-state index is -0.193. The molecule has 2 unspecified atom stereocenters. The van der Waals surface area contributed by atoms with E-state index in [1.165, 1.54) is 0 Å². The summed E-state index contributed by atoms with van der Waals surface area (Å²) in [7, 11) is 3.45. The number of quaternary nitrogens is 1. The van der Waals surface area contributed by atoms with Gasteiger partial charge in [-0.15, -0.1) is 0 Å². The molecule has 2 aliphatic rings. The molecule has 0 radical (unpaired) electrons. The quantitative estimate of drug-likeness (QED) is 0.316. The molecular formula is C9H13NO. The maximum Gasteiger partial charge on any atom is 0.130 e. The number of fused-ring (bicyclic) bond motifs is 1. The molecule has 60 valence electrons. The SMILES string of the molecule is C[N+](C)([O-])C12C=CC1C=CC2. The number of hydroxylamine groups is 3. The Kier molecular flexibility index (Phi) is 1.13. The molecule has 0 aromatic heterocycles. The molecule has 0 saturated carbocycles. The van der Waals surface area contributed by atoms with Crippen LogP contribution in [0.2, 0.25) is 0 Å². The normalized spacial score (nSPS) is 40.5. The average molecular weight is 151 g/mol. The second kappa shape index (κ2) is 1.76. The summed E-state index contributed by atoms with van der Waals surface area (Å²) in [5.74, 6) is 0.398. The van der Waals surface area contributed by atoms with Gasteiger partial charge in [0.2, 0.25) is 0 Å². The monoisotopic (exact) mass is 151 g/mol. The molecule has 0 heterocycles. The van der Waals surface area contributed by atoms with Crippen LogP contribution in [0.3, 0.4) is 0 Å². The summed E-state index contributed by atoms with van der Waals surface area (Å²) in [4.78, 5) is 0. The first-order valence-corrected chi connectivity index (χ1v) is 3.97. The minimum absolute atomic E-state index is 0.139. The lowest BCUT2D eigenvalue weighted by atomic mass is 9.75. The minimum Gasteiger partial charge on any atom is -0.633 e. The van der Waals surface area contributed by atoms with E-state index in [4.69, 9.17) is 0 Å². The number of nitrogens with zero attached hydrogens (tertiary/aromatic N) is 1. The van der Waals surface area contributed by atoms with Gasteiger partial charge in [0.25, 0.3) is 0 Å². The summed E-state index contributed by atoms with van der Waals surface area (Å²) < 4.78 is -0.193. The van der Waals surface area contributed by atoms with Crippen molar-refractivity contribution in [2.45, 2.75) is 12.0 Å². The third-order valence-corrected chi connectivity index (χ3v) is 2.96. The lowest BCUT2D eigenvalue weighted by Crippen LogP contribution is -2.60. The fraction of sp³-hybridized carbons (Fsp3) is 0.556. The zero-order valence-electron chi connectivity index (χ0n) is 6.95. The van der Waals surface area contributed by atoms with Crippen LogP contribution in [0.4, 0.5) is 0 Å². The first-order chi connectivity index (χ1) is 5.06. The average Bonchev–Trinajstić information content (AvgIpc) is 2.06. The summed E-state index contributed by atoms with van der Waals surface area (Å²) >= 11 is 0. The number of likely N-dealkylation sites (N-methyl/N-ethyl adjacent to an activating group) is 1. The van der Waals surface area contributed by atoms with E-state index in [0.29, 0.717) is 5.92 Å². The Morgan fingerprint density at radius 1 is 1.45 bits per heavy atom. The topological polar surface area (TPSA) is 23.1 Å². The van der Waals surface area contributed by atoms with Gasteiger partial charge in [-0.3, -0.25) is 0 Å². The highest BCUT2D eigenvalue weighted by Crippen LogP contribution is 2.46. The van der Waals surface area contributed by atoms with Crippen LogP contribution in [-0.2, 0) is 0 Å². The standard InChI is InChI=1S/C9H13NO/c1-10(2,11)9-6-3-4-8(9)5-7-9/h3-5,7-8H,6H2,1-2H3. The van der Waals surface area contributed by atoms with Crippen LogP contribution in [0.15, 0.2) is 24.3 Å². The van der Waals surface area contributed by atoms with Crippen molar-refractivity contribution < 1.29 is 4.65 Å². The van der Waals surface area contributed by atoms with Crippen LogP contribution in [0, 0.1) is 11.1 Å². The van der Waals surface area contributed by atoms with Crippen LogP contribution in [-0.4, -0.2) is 24.3 Å². The Balaban J connectivity index is 2.33. The van der Waals surface area contributed by atoms with Crippen molar-refractivity contribution in [2.75, 3.05) is 14.1 Å². The van der Waals surface area contributed by atoms with Crippen molar-refractivity contribution in [3.63, 3.8) is 0 Å². The van der Waals surface area contributed by atoms with Crippen LogP contribution >= 0.6 is 0 Å². The predicted octanol–water partition coefficient (Wildman–Crippen LogP) is 1.45. The van der Waals surface area contributed by atoms with E-state index in [1.54, 1.807) is 14.1 Å². The van der Waals surface area contributed by atoms with Gasteiger partial charge in [0.1, 0.15) is 5.54 Å². The molecule has 0 bridgehead atoms. The fourth-order valence-electron chi connectivity index (χ4n) is 2.03. The molecule has 2 aliphatic carbocycles. The lowest BCUT2D eigenvalue weighted by molar-refractivity contribution is -0.892. The number of rotatable bonds is 1. The van der Waals surface area contributed by atoms with Gasteiger partial charge in [0.05, 0.1) is 20.0 Å². The number of hydrogen-bond donors (Lipinski definition) is 0. The van der Waals surface area contributed by atoms with Gasteiger partial charge in [-0.05, 0) is 6.08 Å². The Morgan fingerprint density at radius 3 is 2.45 bits per heavy atom. The highest BCUT2D eigenvalue weighted by molar-refractivity contribution is 5.33. The van der Waals surface area contributed by atoms with E-state index in [1.807, 2.05) is 0 Å². The van der Waals surface area contributed by atoms with Gasteiger partial charge in [0, 0.05) is 6.42 Å². The van der Waals surface area contributed by atoms with Gasteiger partial charge >= 0.3 is 0 Å². The maximum absolute atomic E-state index is 11.7. The Bertz CT molecular complexity index is 236. The summed E-state index contributed by atoms with van der Waals surface area (Å²) in [5.41, 5.74) is -0.139. The molecule has 0 saturated heterocycles. The summed E-state index contributed by atoms with van der Waals surface area (Å²) in [6, 6.07) is 0. The molecule has 0 spiro atoms. The Morgan fingerprint density at radius 2 is 2.18 bits per heavy atom. The fourth-order valence-corrected chi connectivity index (χ4v) is 2.03. The molecule has 2 nitrogen and oxygen atoms in total. The maximum atomic E-state index is 11.7. The Labute approximate surface area is 67.0 Å². The highest BCUT2D eigenvalue weighted by Gasteiger charge is 2.50. The smallest absolute Gasteiger partial charge is 0.130 e. The van der Waals surface area contributed by atoms with Gasteiger partial charge in [0.15, 0.2) is 0 Å². The van der Waals surface area contributed by atoms with E-state index < -0.39 is 0 Å². The third-order valence-electron chi connectivity index (χ3n) is 2.96. The molecule has 0 aromatic rings. The summed E-state index contributed by atoms with van der Waals surface area (Å²) in [6.45, 7) is 0. The van der Waals surface area contributed by atoms with Gasteiger partial charge in [-0.2, -0.15) is 0 Å². The summed E-state index contributed by atoms with van der Waals surface area (Å²) in [6.07, 6.45) is 9.33. The molecular weight excluding hydrogens is 138 g/mol. The first-order valence-electron chi connectivity index (χ1n) is 3.97. The van der Waals surface area contributed by atoms with E-state index >= 15 is 0 Å². The van der Waals surface area contributed by atoms with Crippen LogP contribution in [0.25, 0.3) is 0 Å². The number of hydrogen-bond acceptors (Lipinski definition) is 1. The predicted molar refractivity (Wildman–Crippen MR) is 44.6 cm³/mol. The molecule has 0 aliphatic heterocycles. The van der Waals surface area contributed by atoms with E-state index in [9.17, 15) is 5.21 Å². The molecule has 11 heavy (non-hydrogen) atoms. The molecule has 0 fully saturated rings. The van der Waals surface area contributed by atoms with Crippen molar-refractivity contribution in [3.05, 3.63) is 29.5 Å². The van der Waals surface area contributed by atoms with Crippen molar-refractivity contribution >= 4 is 0 Å². The van der Waals surface area contributed by atoms with Crippen molar-refractivity contribution in [1.29, 1.82) is 0 Å². The molecule has 0 N–H and O–H groups in total. The molecule has 0 amide bonds. The first kappa shape index (κ1) is 7.07. The third kappa shape index (κ3) is 0.686. The summed E-state index contributed by atoms with van der Waals surface area (Å²) in [5, 5.41) is 11.7. The molecule has 2 heteroatoms. The van der Waals surface area contributed by atoms with Gasteiger partial charge in [-0.1, -0.05) is 18.2 Å². The zero-order chi connectivity index (χ0) is 8.11. The zero-order valence-corrected chi connectivity index (χ0v) is 6.95. The van der Waals surface area contributed by atoms with E-state index in [2.05, 4.69) is 24.3 Å². The van der Waals surface area contributed by atoms with Crippen molar-refractivity contribution in [3.8, 4) is 0 Å². The van der Waals surface area contributed by atoms with E-state index in [-0.39, 0.29) is 10.2 Å². The van der Waals surface area contributed by atoms with Crippen molar-refractivity contribution in [2.24, 2.45) is 5.92 Å². The largest absolute Gasteiger partial charge is 0.633 e. The Hall–Kier alpha value is -0.600. The second-order valence-corrected chi connectivity index (χ2v) is 3.86. The van der Waals surface area contributed by atoms with Crippen LogP contribution in [0.5, 0.6) is 0 Å². The van der Waals surface area contributed by atoms with E-state index in [0.717, 1.165) is 6.42 Å². The highest BCUT2D eigenvalue weighted by atomic mass is 16.5. The second-order valence-electron chi connectivity index (χ2n) is 3.86.